The molecule has 1 aromatic rings. The number of nitrogens with zero attached hydrogens (tertiary/aromatic N) is 1. The van der Waals surface area contributed by atoms with Crippen molar-refractivity contribution in [3.05, 3.63) is 35.4 Å². The Morgan fingerprint density at radius 3 is 2.69 bits per heavy atom. The number of carboxylic acids is 1. The highest BCUT2D eigenvalue weighted by Gasteiger charge is 2.56. The van der Waals surface area contributed by atoms with Crippen LogP contribution in [0.4, 0.5) is 0 Å². The SMILES string of the molecule is COC(=O)C1(C)CCCC2(C)c3ccccc3/C(=N\OCC(=O)O)CC12. The minimum atomic E-state index is -1.07. The van der Waals surface area contributed by atoms with Gasteiger partial charge in [-0.15, -0.1) is 0 Å². The molecule has 0 aliphatic heterocycles. The van der Waals surface area contributed by atoms with Gasteiger partial charge in [0, 0.05) is 5.56 Å². The average molecular weight is 359 g/mol. The van der Waals surface area contributed by atoms with Crippen molar-refractivity contribution < 1.29 is 24.3 Å². The van der Waals surface area contributed by atoms with Gasteiger partial charge in [-0.3, -0.25) is 4.79 Å². The van der Waals surface area contributed by atoms with Gasteiger partial charge in [-0.2, -0.15) is 0 Å². The number of rotatable bonds is 4. The number of esters is 1. The minimum absolute atomic E-state index is 0.0123. The Hall–Kier alpha value is -2.37. The van der Waals surface area contributed by atoms with Gasteiger partial charge in [0.05, 0.1) is 18.2 Å². The topological polar surface area (TPSA) is 85.2 Å². The Morgan fingerprint density at radius 2 is 2.00 bits per heavy atom. The number of methoxy groups -OCH3 is 1. The minimum Gasteiger partial charge on any atom is -0.479 e. The molecule has 6 heteroatoms. The number of oxime groups is 1. The first-order valence-electron chi connectivity index (χ1n) is 8.92. The number of fused-ring (bicyclic) bond motifs is 3. The van der Waals surface area contributed by atoms with Crippen LogP contribution in [0.3, 0.4) is 0 Å². The van der Waals surface area contributed by atoms with E-state index in [-0.39, 0.29) is 17.3 Å². The number of hydrogen-bond acceptors (Lipinski definition) is 5. The Kier molecular flexibility index (Phi) is 4.78. The summed E-state index contributed by atoms with van der Waals surface area (Å²) >= 11 is 0. The van der Waals surface area contributed by atoms with Crippen LogP contribution in [-0.4, -0.2) is 36.5 Å². The third-order valence-electron chi connectivity index (χ3n) is 6.20. The fraction of sp³-hybridized carbons (Fsp3) is 0.550. The quantitative estimate of drug-likeness (QED) is 0.659. The molecule has 1 aromatic carbocycles. The van der Waals surface area contributed by atoms with Crippen LogP contribution in [0.15, 0.2) is 29.4 Å². The van der Waals surface area contributed by atoms with E-state index in [9.17, 15) is 9.59 Å². The number of carbonyl (C=O) groups excluding carboxylic acids is 1. The van der Waals surface area contributed by atoms with Gasteiger partial charge in [0.15, 0.2) is 0 Å². The number of hydrogen-bond donors (Lipinski definition) is 1. The number of carboxylic acid groups (broad SMARTS) is 1. The molecule has 0 saturated heterocycles. The highest BCUT2D eigenvalue weighted by molar-refractivity contribution is 6.03. The zero-order valence-corrected chi connectivity index (χ0v) is 15.4. The molecule has 2 aliphatic rings. The molecule has 1 N–H and O–H groups in total. The van der Waals surface area contributed by atoms with E-state index in [0.717, 1.165) is 30.4 Å². The summed E-state index contributed by atoms with van der Waals surface area (Å²) in [5.41, 5.74) is 2.04. The highest BCUT2D eigenvalue weighted by Crippen LogP contribution is 2.57. The fourth-order valence-corrected chi connectivity index (χ4v) is 4.91. The molecule has 2 aliphatic carbocycles. The molecule has 0 bridgehead atoms. The van der Waals surface area contributed by atoms with Crippen molar-refractivity contribution in [2.24, 2.45) is 16.5 Å². The van der Waals surface area contributed by atoms with E-state index >= 15 is 0 Å². The van der Waals surface area contributed by atoms with Crippen LogP contribution < -0.4 is 0 Å². The number of carbonyl (C=O) groups is 2. The molecule has 1 saturated carbocycles. The lowest BCUT2D eigenvalue weighted by Gasteiger charge is -2.53. The van der Waals surface area contributed by atoms with Crippen molar-refractivity contribution in [2.45, 2.75) is 44.9 Å². The lowest BCUT2D eigenvalue weighted by atomic mass is 9.49. The van der Waals surface area contributed by atoms with Crippen LogP contribution in [0.5, 0.6) is 0 Å². The van der Waals surface area contributed by atoms with Crippen LogP contribution in [-0.2, 0) is 24.6 Å². The van der Waals surface area contributed by atoms with Gasteiger partial charge in [-0.1, -0.05) is 42.8 Å². The summed E-state index contributed by atoms with van der Waals surface area (Å²) in [4.78, 5) is 28.4. The van der Waals surface area contributed by atoms with Gasteiger partial charge in [-0.25, -0.2) is 4.79 Å². The highest BCUT2D eigenvalue weighted by atomic mass is 16.6. The lowest BCUT2D eigenvalue weighted by Crippen LogP contribution is -2.53. The zero-order valence-electron chi connectivity index (χ0n) is 15.4. The van der Waals surface area contributed by atoms with E-state index in [0.29, 0.717) is 12.1 Å². The molecule has 0 amide bonds. The molecule has 0 spiro atoms. The van der Waals surface area contributed by atoms with Gasteiger partial charge in [0.25, 0.3) is 0 Å². The maximum absolute atomic E-state index is 12.6. The second kappa shape index (κ2) is 6.74. The Bertz CT molecular complexity index is 758. The summed E-state index contributed by atoms with van der Waals surface area (Å²) in [5.74, 6) is -1.25. The molecule has 0 radical (unpaired) electrons. The fourth-order valence-electron chi connectivity index (χ4n) is 4.91. The van der Waals surface area contributed by atoms with E-state index in [1.807, 2.05) is 25.1 Å². The summed E-state index contributed by atoms with van der Waals surface area (Å²) in [6.07, 6.45) is 3.27. The van der Waals surface area contributed by atoms with Gasteiger partial charge in [-0.05, 0) is 43.1 Å². The third kappa shape index (κ3) is 2.87. The maximum Gasteiger partial charge on any atom is 0.344 e. The molecular formula is C20H25NO5. The molecule has 26 heavy (non-hydrogen) atoms. The predicted molar refractivity (Wildman–Crippen MR) is 96.0 cm³/mol. The monoisotopic (exact) mass is 359 g/mol. The van der Waals surface area contributed by atoms with E-state index in [1.165, 1.54) is 7.11 Å². The van der Waals surface area contributed by atoms with Crippen LogP contribution >= 0.6 is 0 Å². The number of benzene rings is 1. The first-order chi connectivity index (χ1) is 12.3. The molecular weight excluding hydrogens is 334 g/mol. The summed E-state index contributed by atoms with van der Waals surface area (Å²) in [6, 6.07) is 8.00. The normalized spacial score (nSPS) is 31.7. The van der Waals surface area contributed by atoms with Gasteiger partial charge < -0.3 is 14.7 Å². The van der Waals surface area contributed by atoms with Crippen LogP contribution in [0.2, 0.25) is 0 Å². The van der Waals surface area contributed by atoms with E-state index in [2.05, 4.69) is 18.1 Å². The Morgan fingerprint density at radius 1 is 1.27 bits per heavy atom. The zero-order chi connectivity index (χ0) is 18.9. The predicted octanol–water partition coefficient (Wildman–Crippen LogP) is 3.13. The van der Waals surface area contributed by atoms with Gasteiger partial charge in [0.2, 0.25) is 6.61 Å². The standard InChI is InChI=1S/C20H25NO5/c1-19-9-6-10-20(2,18(24)25-3)16(19)11-15(21-26-12-17(22)23)13-7-4-5-8-14(13)19/h4-5,7-8,16H,6,9-12H2,1-3H3,(H,22,23)/b21-15-. The maximum atomic E-state index is 12.6. The molecule has 0 aromatic heterocycles. The molecule has 1 fully saturated rings. The molecule has 3 atom stereocenters. The Balaban J connectivity index is 2.08. The van der Waals surface area contributed by atoms with Crippen LogP contribution in [0, 0.1) is 11.3 Å². The second-order valence-electron chi connectivity index (χ2n) is 7.69. The third-order valence-corrected chi connectivity index (χ3v) is 6.20. The largest absolute Gasteiger partial charge is 0.479 e. The van der Waals surface area contributed by atoms with Crippen LogP contribution in [0.25, 0.3) is 0 Å². The smallest absolute Gasteiger partial charge is 0.344 e. The summed E-state index contributed by atoms with van der Waals surface area (Å²) in [5, 5.41) is 12.9. The van der Waals surface area contributed by atoms with Crippen molar-refractivity contribution in [3.8, 4) is 0 Å². The van der Waals surface area contributed by atoms with Gasteiger partial charge >= 0.3 is 11.9 Å². The first kappa shape index (κ1) is 18.4. The summed E-state index contributed by atoms with van der Waals surface area (Å²) < 4.78 is 5.13. The van der Waals surface area contributed by atoms with E-state index < -0.39 is 18.0 Å². The van der Waals surface area contributed by atoms with Crippen molar-refractivity contribution in [1.29, 1.82) is 0 Å². The molecule has 140 valence electrons. The Labute approximate surface area is 153 Å². The van der Waals surface area contributed by atoms with Crippen molar-refractivity contribution in [2.75, 3.05) is 13.7 Å². The van der Waals surface area contributed by atoms with E-state index in [4.69, 9.17) is 14.7 Å². The molecule has 6 nitrogen and oxygen atoms in total. The van der Waals surface area contributed by atoms with Crippen LogP contribution in [0.1, 0.15) is 50.7 Å². The molecule has 3 unspecified atom stereocenters. The average Bonchev–Trinajstić information content (AvgIpc) is 2.62. The van der Waals surface area contributed by atoms with Crippen molar-refractivity contribution in [1.82, 2.24) is 0 Å². The van der Waals surface area contributed by atoms with E-state index in [1.54, 1.807) is 0 Å². The summed E-state index contributed by atoms with van der Waals surface area (Å²) in [6.45, 7) is 3.71. The number of ether oxygens (including phenoxy) is 1. The number of aliphatic carboxylic acids is 1. The van der Waals surface area contributed by atoms with Gasteiger partial charge in [0.1, 0.15) is 0 Å². The molecule has 0 heterocycles. The van der Waals surface area contributed by atoms with Crippen molar-refractivity contribution >= 4 is 17.7 Å². The summed E-state index contributed by atoms with van der Waals surface area (Å²) in [7, 11) is 1.43. The second-order valence-corrected chi connectivity index (χ2v) is 7.69. The lowest BCUT2D eigenvalue weighted by molar-refractivity contribution is -0.160. The first-order valence-corrected chi connectivity index (χ1v) is 8.92. The van der Waals surface area contributed by atoms with Crippen molar-refractivity contribution in [3.63, 3.8) is 0 Å². The molecule has 3 rings (SSSR count).